The normalized spacial score (nSPS) is 24.7. The molecule has 1 amide bonds. The second kappa shape index (κ2) is 8.25. The van der Waals surface area contributed by atoms with Gasteiger partial charge in [0.15, 0.2) is 0 Å². The summed E-state index contributed by atoms with van der Waals surface area (Å²) >= 11 is 0. The third kappa shape index (κ3) is 4.00. The number of piperidine rings is 1. The van der Waals surface area contributed by atoms with E-state index in [2.05, 4.69) is 27.4 Å². The van der Waals surface area contributed by atoms with E-state index in [1.54, 1.807) is 6.92 Å². The first-order valence-corrected chi connectivity index (χ1v) is 9.22. The molecule has 0 N–H and O–H groups in total. The Morgan fingerprint density at radius 1 is 1.38 bits per heavy atom. The van der Waals surface area contributed by atoms with Gasteiger partial charge >= 0.3 is 0 Å². The van der Waals surface area contributed by atoms with Gasteiger partial charge in [0.2, 0.25) is 5.91 Å². The van der Waals surface area contributed by atoms with Gasteiger partial charge in [-0.3, -0.25) is 4.79 Å². The molecule has 2 unspecified atom stereocenters. The van der Waals surface area contributed by atoms with Crippen molar-refractivity contribution in [1.82, 2.24) is 14.5 Å². The molecule has 0 bridgehead atoms. The molecule has 3 heterocycles. The molecular weight excluding hydrogens is 328 g/mol. The molecule has 1 fully saturated rings. The molecule has 0 radical (unpaired) electrons. The molecule has 2 atom stereocenters. The lowest BCUT2D eigenvalue weighted by Gasteiger charge is -2.34. The van der Waals surface area contributed by atoms with E-state index < -0.39 is 0 Å². The van der Waals surface area contributed by atoms with Gasteiger partial charge in [0.1, 0.15) is 0 Å². The number of carbonyl (C=O) groups excluding carboxylic acids is 1. The Labute approximate surface area is 154 Å². The summed E-state index contributed by atoms with van der Waals surface area (Å²) in [6.45, 7) is 7.15. The molecule has 0 spiro atoms. The van der Waals surface area contributed by atoms with Crippen LogP contribution in [0.2, 0.25) is 0 Å². The Balaban J connectivity index is 1.74. The lowest BCUT2D eigenvalue weighted by molar-refractivity contribution is -0.130. The zero-order chi connectivity index (χ0) is 18.5. The Kier molecular flexibility index (Phi) is 5.81. The van der Waals surface area contributed by atoms with Crippen LogP contribution in [0.3, 0.4) is 0 Å². The monoisotopic (exact) mass is 354 g/mol. The van der Waals surface area contributed by atoms with Crippen molar-refractivity contribution in [2.75, 3.05) is 13.1 Å². The van der Waals surface area contributed by atoms with E-state index >= 15 is 0 Å². The second-order valence-electron chi connectivity index (χ2n) is 7.14. The molecule has 26 heavy (non-hydrogen) atoms. The van der Waals surface area contributed by atoms with E-state index in [1.165, 1.54) is 0 Å². The van der Waals surface area contributed by atoms with Gasteiger partial charge in [-0.05, 0) is 37.2 Å². The molecule has 6 heteroatoms. The van der Waals surface area contributed by atoms with E-state index in [-0.39, 0.29) is 23.9 Å². The maximum Gasteiger partial charge on any atom is 0.219 e. The van der Waals surface area contributed by atoms with Crippen molar-refractivity contribution in [3.8, 4) is 0 Å². The van der Waals surface area contributed by atoms with E-state index in [4.69, 9.17) is 0 Å². The minimum absolute atomic E-state index is 0.106. The zero-order valence-electron chi connectivity index (χ0n) is 15.3. The first-order chi connectivity index (χ1) is 12.6. The van der Waals surface area contributed by atoms with E-state index in [9.17, 15) is 9.70 Å². The molecule has 138 valence electrons. The van der Waals surface area contributed by atoms with E-state index in [0.29, 0.717) is 19.5 Å². The molecular formula is C20H26N4O2. The highest BCUT2D eigenvalue weighted by Crippen LogP contribution is 2.32. The third-order valence-corrected chi connectivity index (χ3v) is 5.52. The molecule has 3 rings (SSSR count). The van der Waals surface area contributed by atoms with Crippen molar-refractivity contribution in [3.63, 3.8) is 0 Å². The van der Waals surface area contributed by atoms with Crippen molar-refractivity contribution < 1.29 is 4.79 Å². The number of aromatic nitrogens is 2. The van der Waals surface area contributed by atoms with E-state index in [0.717, 1.165) is 30.5 Å². The molecule has 1 aromatic heterocycles. The zero-order valence-corrected chi connectivity index (χ0v) is 15.3. The van der Waals surface area contributed by atoms with Crippen LogP contribution in [-0.2, 0) is 4.79 Å². The average molecular weight is 354 g/mol. The molecule has 2 aliphatic rings. The minimum Gasteiger partial charge on any atom is -0.343 e. The van der Waals surface area contributed by atoms with Crippen LogP contribution in [0.15, 0.2) is 48.6 Å². The Morgan fingerprint density at radius 3 is 2.85 bits per heavy atom. The molecule has 2 aliphatic heterocycles. The maximum absolute atomic E-state index is 11.6. The number of hydrogen-bond acceptors (Lipinski definition) is 4. The first kappa shape index (κ1) is 18.3. The minimum atomic E-state index is -0.250. The van der Waals surface area contributed by atoms with Gasteiger partial charge in [-0.15, -0.1) is 0 Å². The molecule has 0 aromatic carbocycles. The topological polar surface area (TPSA) is 67.6 Å². The SMILES string of the molecule is C=C1/C=C\C=C/CC(CC(N=O)C2CCN(C(C)=O)CC2)n2cncc21. The van der Waals surface area contributed by atoms with Crippen LogP contribution in [0, 0.1) is 10.8 Å². The highest BCUT2D eigenvalue weighted by Gasteiger charge is 2.31. The third-order valence-electron chi connectivity index (χ3n) is 5.52. The average Bonchev–Trinajstić information content (AvgIpc) is 3.14. The van der Waals surface area contributed by atoms with Crippen LogP contribution in [-0.4, -0.2) is 39.5 Å². The van der Waals surface area contributed by atoms with Crippen LogP contribution >= 0.6 is 0 Å². The molecule has 0 aliphatic carbocycles. The van der Waals surface area contributed by atoms with Crippen molar-refractivity contribution in [2.45, 2.75) is 44.7 Å². The number of rotatable bonds is 4. The van der Waals surface area contributed by atoms with Crippen LogP contribution in [0.5, 0.6) is 0 Å². The number of hydrogen-bond donors (Lipinski definition) is 0. The Hall–Kier alpha value is -2.50. The van der Waals surface area contributed by atoms with Crippen molar-refractivity contribution in [2.24, 2.45) is 11.1 Å². The summed E-state index contributed by atoms with van der Waals surface area (Å²) in [7, 11) is 0. The number of carbonyl (C=O) groups is 1. The van der Waals surface area contributed by atoms with Crippen LogP contribution < -0.4 is 0 Å². The van der Waals surface area contributed by atoms with Gasteiger partial charge in [0.05, 0.1) is 24.3 Å². The van der Waals surface area contributed by atoms with Crippen molar-refractivity contribution in [1.29, 1.82) is 0 Å². The van der Waals surface area contributed by atoms with E-state index in [1.807, 2.05) is 35.7 Å². The van der Waals surface area contributed by atoms with Gasteiger partial charge in [-0.1, -0.05) is 36.1 Å². The summed E-state index contributed by atoms with van der Waals surface area (Å²) in [6, 6.07) is -0.131. The number of allylic oxidation sites excluding steroid dienone is 5. The smallest absolute Gasteiger partial charge is 0.219 e. The summed E-state index contributed by atoms with van der Waals surface area (Å²) in [6.07, 6.45) is 14.9. The first-order valence-electron chi connectivity index (χ1n) is 9.22. The van der Waals surface area contributed by atoms with Gasteiger partial charge in [0.25, 0.3) is 0 Å². The maximum atomic E-state index is 11.6. The van der Waals surface area contributed by atoms with Crippen molar-refractivity contribution in [3.05, 3.63) is 54.0 Å². The predicted octanol–water partition coefficient (Wildman–Crippen LogP) is 3.74. The fraction of sp³-hybridized carbons (Fsp3) is 0.500. The predicted molar refractivity (Wildman–Crippen MR) is 102 cm³/mol. The fourth-order valence-corrected chi connectivity index (χ4v) is 3.94. The summed E-state index contributed by atoms with van der Waals surface area (Å²) in [5.74, 6) is 0.336. The number of imidazole rings is 1. The van der Waals surface area contributed by atoms with Crippen LogP contribution in [0.4, 0.5) is 0 Å². The number of nitroso groups, excluding NO2 is 1. The Bertz CT molecular complexity index is 726. The van der Waals surface area contributed by atoms with Gasteiger partial charge in [-0.25, -0.2) is 4.98 Å². The number of likely N-dealkylation sites (tertiary alicyclic amines) is 1. The largest absolute Gasteiger partial charge is 0.343 e. The highest BCUT2D eigenvalue weighted by atomic mass is 16.3. The molecule has 6 nitrogen and oxygen atoms in total. The highest BCUT2D eigenvalue weighted by molar-refractivity contribution is 5.73. The van der Waals surface area contributed by atoms with Crippen LogP contribution in [0.25, 0.3) is 5.57 Å². The second-order valence-corrected chi connectivity index (χ2v) is 7.14. The molecule has 1 saturated heterocycles. The summed E-state index contributed by atoms with van der Waals surface area (Å²) in [4.78, 5) is 29.3. The fourth-order valence-electron chi connectivity index (χ4n) is 3.94. The Morgan fingerprint density at radius 2 is 2.15 bits per heavy atom. The van der Waals surface area contributed by atoms with Crippen molar-refractivity contribution >= 4 is 11.5 Å². The summed E-state index contributed by atoms with van der Waals surface area (Å²) in [5, 5.41) is 3.48. The summed E-state index contributed by atoms with van der Waals surface area (Å²) in [5.41, 5.74) is 1.88. The molecule has 0 saturated carbocycles. The number of nitrogens with zero attached hydrogens (tertiary/aromatic N) is 4. The number of fused-ring (bicyclic) bond motifs is 1. The lowest BCUT2D eigenvalue weighted by Crippen LogP contribution is -2.40. The standard InChI is InChI=1S/C20H26N4O2/c1-15-6-4-3-5-7-18(24-14-21-13-20(15)24)12-19(22-26)17-8-10-23(11-9-17)16(2)25/h3-6,13-14,17-19H,1,7-12H2,2H3/b5-3-,6-4-. The number of amides is 1. The lowest BCUT2D eigenvalue weighted by atomic mass is 9.85. The van der Waals surface area contributed by atoms with Gasteiger partial charge < -0.3 is 9.47 Å². The van der Waals surface area contributed by atoms with Crippen LogP contribution in [0.1, 0.15) is 44.3 Å². The molecule has 1 aromatic rings. The van der Waals surface area contributed by atoms with Gasteiger partial charge in [-0.2, -0.15) is 4.91 Å². The summed E-state index contributed by atoms with van der Waals surface area (Å²) < 4.78 is 2.12. The van der Waals surface area contributed by atoms with Gasteiger partial charge in [0, 0.05) is 26.1 Å². The quantitative estimate of drug-likeness (QED) is 0.774.